The molecule has 0 spiro atoms. The van der Waals surface area contributed by atoms with Gasteiger partial charge in [0.2, 0.25) is 0 Å². The molecule has 1 aliphatic carbocycles. The van der Waals surface area contributed by atoms with E-state index in [4.69, 9.17) is 17.3 Å². The monoisotopic (exact) mass is 421 g/mol. The molecular formula is C17H16ClN5O2S2. The highest BCUT2D eigenvalue weighted by Gasteiger charge is 2.92. The molecule has 1 aliphatic heterocycles. The van der Waals surface area contributed by atoms with Gasteiger partial charge in [0.25, 0.3) is 5.69 Å². The maximum absolute atomic E-state index is 11.2. The fraction of sp³-hybridized carbons (Fsp3) is 0.471. The third-order valence-corrected chi connectivity index (χ3v) is 8.35. The second-order valence-electron chi connectivity index (χ2n) is 6.18. The molecule has 1 aromatic rings. The zero-order valence-corrected chi connectivity index (χ0v) is 17.0. The van der Waals surface area contributed by atoms with Crippen LogP contribution in [0, 0.1) is 43.6 Å². The van der Waals surface area contributed by atoms with Crippen molar-refractivity contribution in [1.82, 2.24) is 0 Å². The van der Waals surface area contributed by atoms with Gasteiger partial charge in [0, 0.05) is 23.1 Å². The topological polar surface area (TPSA) is 129 Å². The third-order valence-electron chi connectivity index (χ3n) is 5.11. The van der Waals surface area contributed by atoms with Gasteiger partial charge in [-0.3, -0.25) is 10.1 Å². The first-order valence-electron chi connectivity index (χ1n) is 8.21. The quantitative estimate of drug-likeness (QED) is 0.418. The molecule has 10 heteroatoms. The number of nitrogens with two attached hydrogens (primary N) is 1. The van der Waals surface area contributed by atoms with E-state index in [0.29, 0.717) is 17.1 Å². The van der Waals surface area contributed by atoms with Crippen molar-refractivity contribution in [2.45, 2.75) is 24.0 Å². The van der Waals surface area contributed by atoms with E-state index in [0.717, 1.165) is 0 Å². The Morgan fingerprint density at radius 3 is 2.44 bits per heavy atom. The van der Waals surface area contributed by atoms with Crippen molar-refractivity contribution in [3.05, 3.63) is 38.9 Å². The van der Waals surface area contributed by atoms with E-state index in [1.807, 2.05) is 13.8 Å². The highest BCUT2D eigenvalue weighted by atomic mass is 35.5. The van der Waals surface area contributed by atoms with Crippen LogP contribution in [0.15, 0.2) is 23.2 Å². The molecule has 140 valence electrons. The summed E-state index contributed by atoms with van der Waals surface area (Å²) in [5.41, 5.74) is 3.88. The van der Waals surface area contributed by atoms with E-state index < -0.39 is 25.9 Å². The molecule has 3 unspecified atom stereocenters. The normalized spacial score (nSPS) is 30.0. The number of hydrogen-bond acceptors (Lipinski definition) is 8. The zero-order chi connectivity index (χ0) is 20.0. The van der Waals surface area contributed by atoms with Gasteiger partial charge in [0.15, 0.2) is 4.20 Å². The van der Waals surface area contributed by atoms with Crippen LogP contribution in [0.2, 0.25) is 5.02 Å². The van der Waals surface area contributed by atoms with Crippen LogP contribution in [0.1, 0.15) is 25.3 Å². The fourth-order valence-electron chi connectivity index (χ4n) is 4.08. The predicted molar refractivity (Wildman–Crippen MR) is 108 cm³/mol. The van der Waals surface area contributed by atoms with Crippen LogP contribution in [0.25, 0.3) is 0 Å². The van der Waals surface area contributed by atoms with Crippen LogP contribution in [0.3, 0.4) is 0 Å². The smallest absolute Gasteiger partial charge is 0.269 e. The number of halogens is 1. The number of non-ortho nitro benzene ring substituents is 1. The van der Waals surface area contributed by atoms with Gasteiger partial charge in [0.05, 0.1) is 17.1 Å². The number of hydrogen-bond donors (Lipinski definition) is 1. The molecule has 7 nitrogen and oxygen atoms in total. The lowest BCUT2D eigenvalue weighted by Crippen LogP contribution is -2.31. The molecule has 1 saturated carbocycles. The molecule has 27 heavy (non-hydrogen) atoms. The summed E-state index contributed by atoms with van der Waals surface area (Å²) in [6.07, 6.45) is 0. The first kappa shape index (κ1) is 19.8. The Balaban J connectivity index is 2.27. The third kappa shape index (κ3) is 2.25. The van der Waals surface area contributed by atoms with Crippen LogP contribution in [-0.4, -0.2) is 26.5 Å². The maximum atomic E-state index is 11.2. The number of rotatable bonds is 6. The molecule has 3 atom stereocenters. The molecule has 0 radical (unpaired) electrons. The molecule has 0 amide bonds. The van der Waals surface area contributed by atoms with Crippen molar-refractivity contribution in [2.24, 2.45) is 21.6 Å². The average Bonchev–Trinajstić information content (AvgIpc) is 3.20. The highest BCUT2D eigenvalue weighted by Crippen LogP contribution is 2.85. The van der Waals surface area contributed by atoms with Gasteiger partial charge >= 0.3 is 0 Å². The number of nitro benzene ring substituents is 1. The molecule has 1 aromatic carbocycles. The standard InChI is InChI=1S/C17H16ClN5O2S2/c1-3-26-17(27-4-2)16(9-20)13(15(16,8-19)14(21)22-17)11-7-10(23(24)25)5-6-12(11)18/h5-7,13H,3-4H2,1-2H3,(H2,21,22). The van der Waals surface area contributed by atoms with Crippen molar-refractivity contribution in [3.63, 3.8) is 0 Å². The van der Waals surface area contributed by atoms with E-state index in [1.54, 1.807) is 0 Å². The maximum Gasteiger partial charge on any atom is 0.269 e. The molecular weight excluding hydrogens is 406 g/mol. The summed E-state index contributed by atoms with van der Waals surface area (Å²) < 4.78 is -0.955. The first-order chi connectivity index (χ1) is 12.8. The summed E-state index contributed by atoms with van der Waals surface area (Å²) in [6, 6.07) is 8.62. The van der Waals surface area contributed by atoms with Crippen LogP contribution >= 0.6 is 35.1 Å². The van der Waals surface area contributed by atoms with Gasteiger partial charge in [-0.1, -0.05) is 25.4 Å². The van der Waals surface area contributed by atoms with Gasteiger partial charge in [0.1, 0.15) is 16.7 Å². The SMILES string of the molecule is CCSC1(SCC)N=C(N)C2(C#N)C(c3cc([N+](=O)[O-])ccc3Cl)C12C#N. The van der Waals surface area contributed by atoms with E-state index in [2.05, 4.69) is 17.1 Å². The number of amidine groups is 1. The first-order valence-corrected chi connectivity index (χ1v) is 10.6. The Bertz CT molecular complexity index is 934. The Hall–Kier alpha value is -1.94. The summed E-state index contributed by atoms with van der Waals surface area (Å²) >= 11 is 9.27. The minimum absolute atomic E-state index is 0.0982. The Labute approximate surface area is 170 Å². The number of nitriles is 2. The Morgan fingerprint density at radius 1 is 1.33 bits per heavy atom. The molecule has 0 bridgehead atoms. The van der Waals surface area contributed by atoms with Crippen molar-refractivity contribution in [3.8, 4) is 12.1 Å². The Morgan fingerprint density at radius 2 is 1.96 bits per heavy atom. The fourth-order valence-corrected chi connectivity index (χ4v) is 7.56. The number of nitrogens with zero attached hydrogens (tertiary/aromatic N) is 4. The number of benzene rings is 1. The van der Waals surface area contributed by atoms with E-state index in [-0.39, 0.29) is 16.5 Å². The number of fused-ring (bicyclic) bond motifs is 1. The van der Waals surface area contributed by atoms with Gasteiger partial charge in [-0.05, 0) is 23.1 Å². The van der Waals surface area contributed by atoms with Crippen LogP contribution in [0.4, 0.5) is 5.69 Å². The zero-order valence-electron chi connectivity index (χ0n) is 14.6. The number of thioether (sulfide) groups is 2. The molecule has 0 saturated heterocycles. The Kier molecular flexibility index (Phi) is 4.84. The minimum Gasteiger partial charge on any atom is -0.386 e. The molecule has 1 fully saturated rings. The van der Waals surface area contributed by atoms with Gasteiger partial charge < -0.3 is 5.73 Å². The lowest BCUT2D eigenvalue weighted by Gasteiger charge is -2.31. The second kappa shape index (κ2) is 6.59. The van der Waals surface area contributed by atoms with Crippen molar-refractivity contribution in [2.75, 3.05) is 11.5 Å². The van der Waals surface area contributed by atoms with Gasteiger partial charge in [-0.2, -0.15) is 10.5 Å². The lowest BCUT2D eigenvalue weighted by molar-refractivity contribution is -0.384. The molecule has 3 rings (SSSR count). The molecule has 1 heterocycles. The predicted octanol–water partition coefficient (Wildman–Crippen LogP) is 3.90. The minimum atomic E-state index is -1.34. The van der Waals surface area contributed by atoms with E-state index in [9.17, 15) is 20.6 Å². The second-order valence-corrected chi connectivity index (χ2v) is 9.76. The lowest BCUT2D eigenvalue weighted by atomic mass is 9.97. The molecule has 2 aliphatic rings. The van der Waals surface area contributed by atoms with Crippen LogP contribution in [-0.2, 0) is 0 Å². The van der Waals surface area contributed by atoms with Crippen molar-refractivity contribution in [1.29, 1.82) is 10.5 Å². The largest absolute Gasteiger partial charge is 0.386 e. The summed E-state index contributed by atoms with van der Waals surface area (Å²) in [5.74, 6) is 0.762. The van der Waals surface area contributed by atoms with Gasteiger partial charge in [-0.15, -0.1) is 23.5 Å². The van der Waals surface area contributed by atoms with E-state index >= 15 is 0 Å². The van der Waals surface area contributed by atoms with Crippen molar-refractivity contribution < 1.29 is 4.92 Å². The molecule has 0 aromatic heterocycles. The summed E-state index contributed by atoms with van der Waals surface area (Å²) in [6.45, 7) is 3.90. The van der Waals surface area contributed by atoms with Crippen LogP contribution in [0.5, 0.6) is 0 Å². The van der Waals surface area contributed by atoms with Gasteiger partial charge in [-0.25, -0.2) is 4.99 Å². The summed E-state index contributed by atoms with van der Waals surface area (Å²) in [5, 5.41) is 31.8. The summed E-state index contributed by atoms with van der Waals surface area (Å²) in [7, 11) is 0. The average molecular weight is 422 g/mol. The van der Waals surface area contributed by atoms with Crippen LogP contribution < -0.4 is 5.73 Å². The summed E-state index contributed by atoms with van der Waals surface area (Å²) in [4.78, 5) is 15.3. The van der Waals surface area contributed by atoms with E-state index in [1.165, 1.54) is 41.7 Å². The van der Waals surface area contributed by atoms with Crippen molar-refractivity contribution >= 4 is 46.6 Å². The number of aliphatic imine (C=N–C) groups is 1. The number of nitro groups is 1. The molecule has 2 N–H and O–H groups in total. The highest BCUT2D eigenvalue weighted by molar-refractivity contribution is 8.18.